The molecule has 0 spiro atoms. The number of ketones is 1. The van der Waals surface area contributed by atoms with Crippen LogP contribution in [-0.2, 0) is 28.6 Å². The van der Waals surface area contributed by atoms with E-state index in [-0.39, 0.29) is 24.9 Å². The second-order valence-electron chi connectivity index (χ2n) is 7.92. The van der Waals surface area contributed by atoms with E-state index in [0.717, 1.165) is 0 Å². The number of Topliss-reactive ketones (excluding diaryl/α,β-unsaturated/α-hetero) is 1. The van der Waals surface area contributed by atoms with Gasteiger partial charge in [-0.25, -0.2) is 4.79 Å². The van der Waals surface area contributed by atoms with Crippen LogP contribution in [0.2, 0.25) is 5.02 Å². The van der Waals surface area contributed by atoms with Crippen LogP contribution in [0.5, 0.6) is 0 Å². The highest BCUT2D eigenvalue weighted by Gasteiger charge is 2.47. The number of nitrogens with one attached hydrogen (secondary N) is 1. The van der Waals surface area contributed by atoms with E-state index in [9.17, 15) is 14.4 Å². The minimum atomic E-state index is -0.934. The van der Waals surface area contributed by atoms with Crippen molar-refractivity contribution in [1.82, 2.24) is 5.32 Å². The number of hydrogen-bond acceptors (Lipinski definition) is 7. The molecule has 0 saturated heterocycles. The molecule has 1 aromatic carbocycles. The fourth-order valence-corrected chi connectivity index (χ4v) is 4.58. The molecule has 8 heteroatoms. The Hall–Kier alpha value is -2.64. The van der Waals surface area contributed by atoms with E-state index >= 15 is 0 Å². The van der Waals surface area contributed by atoms with Crippen molar-refractivity contribution < 1.29 is 28.6 Å². The van der Waals surface area contributed by atoms with Crippen molar-refractivity contribution >= 4 is 29.3 Å². The van der Waals surface area contributed by atoms with Crippen LogP contribution in [0.1, 0.15) is 38.7 Å². The maximum Gasteiger partial charge on any atom is 0.336 e. The van der Waals surface area contributed by atoms with E-state index in [1.165, 1.54) is 7.11 Å². The quantitative estimate of drug-likeness (QED) is 0.377. The maximum absolute atomic E-state index is 13.6. The number of allylic oxidation sites excluding steroid dienone is 3. The zero-order chi connectivity index (χ0) is 23.4. The predicted molar refractivity (Wildman–Crippen MR) is 119 cm³/mol. The average Bonchev–Trinajstić information content (AvgIpc) is 2.75. The van der Waals surface area contributed by atoms with Gasteiger partial charge in [0.15, 0.2) is 5.78 Å². The molecule has 32 heavy (non-hydrogen) atoms. The van der Waals surface area contributed by atoms with Crippen LogP contribution in [0.25, 0.3) is 0 Å². The predicted octanol–water partition coefficient (Wildman–Crippen LogP) is 3.53. The molecule has 3 atom stereocenters. The van der Waals surface area contributed by atoms with Gasteiger partial charge in [-0.2, -0.15) is 0 Å². The van der Waals surface area contributed by atoms with Gasteiger partial charge in [-0.3, -0.25) is 9.59 Å². The van der Waals surface area contributed by atoms with Crippen molar-refractivity contribution in [3.05, 3.63) is 57.4 Å². The number of dihydropyridines is 1. The van der Waals surface area contributed by atoms with Gasteiger partial charge >= 0.3 is 11.9 Å². The molecule has 0 radical (unpaired) electrons. The molecular weight excluding hydrogens is 434 g/mol. The molecule has 1 aromatic rings. The van der Waals surface area contributed by atoms with E-state index in [4.69, 9.17) is 25.8 Å². The summed E-state index contributed by atoms with van der Waals surface area (Å²) in [7, 11) is 1.27. The highest BCUT2D eigenvalue weighted by Crippen LogP contribution is 2.45. The van der Waals surface area contributed by atoms with Crippen molar-refractivity contribution in [1.29, 1.82) is 0 Å². The normalized spacial score (nSPS) is 22.9. The first-order valence-electron chi connectivity index (χ1n) is 10.6. The highest BCUT2D eigenvalue weighted by atomic mass is 35.5. The molecule has 0 unspecified atom stereocenters. The van der Waals surface area contributed by atoms with Crippen LogP contribution >= 0.6 is 11.6 Å². The summed E-state index contributed by atoms with van der Waals surface area (Å²) in [6, 6.07) is 7.02. The molecular formula is C24H28ClNO6. The minimum Gasteiger partial charge on any atom is -0.468 e. The minimum absolute atomic E-state index is 0.0907. The SMILES string of the molecule is CCOCCOC(=O)C1=C(C)NC2=C(C(=O)[C@H](C(=O)OC)[C@@H](C)C2)[C@@H]1c1cccc(Cl)c1. The molecule has 0 bridgehead atoms. The standard InChI is InChI=1S/C24H28ClNO6/c1-5-31-9-10-32-24(29)19-14(3)26-17-11-13(2)18(23(28)30-4)22(27)21(17)20(19)15-7-6-8-16(25)12-15/h6-8,12-13,18,20,26H,5,9-11H2,1-4H3/t13-,18+,20+/m0/s1. The Morgan fingerprint density at radius 3 is 2.66 bits per heavy atom. The van der Waals surface area contributed by atoms with E-state index in [2.05, 4.69) is 5.32 Å². The number of methoxy groups -OCH3 is 1. The molecule has 0 aromatic heterocycles. The largest absolute Gasteiger partial charge is 0.468 e. The summed E-state index contributed by atoms with van der Waals surface area (Å²) in [6.45, 7) is 6.36. The van der Waals surface area contributed by atoms with Crippen LogP contribution in [0.15, 0.2) is 46.8 Å². The molecule has 0 saturated carbocycles. The topological polar surface area (TPSA) is 90.9 Å². The first-order valence-corrected chi connectivity index (χ1v) is 11.0. The van der Waals surface area contributed by atoms with Crippen LogP contribution in [0.4, 0.5) is 0 Å². The highest BCUT2D eigenvalue weighted by molar-refractivity contribution is 6.30. The van der Waals surface area contributed by atoms with Crippen molar-refractivity contribution in [2.75, 3.05) is 26.9 Å². The zero-order valence-electron chi connectivity index (χ0n) is 18.7. The van der Waals surface area contributed by atoms with E-state index < -0.39 is 23.8 Å². The lowest BCUT2D eigenvalue weighted by Gasteiger charge is -2.38. The molecule has 3 rings (SSSR count). The van der Waals surface area contributed by atoms with Crippen LogP contribution in [-0.4, -0.2) is 44.7 Å². The number of ether oxygens (including phenoxy) is 3. The van der Waals surface area contributed by atoms with Crippen LogP contribution < -0.4 is 5.32 Å². The second kappa shape index (κ2) is 10.3. The van der Waals surface area contributed by atoms with Gasteiger partial charge < -0.3 is 19.5 Å². The van der Waals surface area contributed by atoms with Gasteiger partial charge in [0.2, 0.25) is 0 Å². The van der Waals surface area contributed by atoms with Gasteiger partial charge in [0, 0.05) is 34.5 Å². The van der Waals surface area contributed by atoms with Crippen LogP contribution in [0, 0.1) is 11.8 Å². The first kappa shape index (κ1) is 24.0. The summed E-state index contributed by atoms with van der Waals surface area (Å²) < 4.78 is 15.6. The Balaban J connectivity index is 2.07. The summed E-state index contributed by atoms with van der Waals surface area (Å²) in [6.07, 6.45) is 0.474. The lowest BCUT2D eigenvalue weighted by atomic mass is 9.69. The number of halogens is 1. The van der Waals surface area contributed by atoms with E-state index in [1.54, 1.807) is 25.1 Å². The Labute approximate surface area is 192 Å². The second-order valence-corrected chi connectivity index (χ2v) is 8.36. The Morgan fingerprint density at radius 2 is 2.00 bits per heavy atom. The Bertz CT molecular complexity index is 982. The van der Waals surface area contributed by atoms with Gasteiger partial charge in [0.25, 0.3) is 0 Å². The molecule has 0 amide bonds. The van der Waals surface area contributed by atoms with Gasteiger partial charge in [0.1, 0.15) is 12.5 Å². The summed E-state index contributed by atoms with van der Waals surface area (Å²) in [5.41, 5.74) is 2.67. The van der Waals surface area contributed by atoms with Crippen molar-refractivity contribution in [2.24, 2.45) is 11.8 Å². The number of carbonyl (C=O) groups excluding carboxylic acids is 3. The number of rotatable bonds is 7. The van der Waals surface area contributed by atoms with Gasteiger partial charge in [0.05, 0.1) is 19.3 Å². The summed E-state index contributed by atoms with van der Waals surface area (Å²) in [4.78, 5) is 39.1. The zero-order valence-corrected chi connectivity index (χ0v) is 19.5. The lowest BCUT2D eigenvalue weighted by molar-refractivity contribution is -0.151. The molecule has 1 aliphatic heterocycles. The fourth-order valence-electron chi connectivity index (χ4n) is 4.39. The smallest absolute Gasteiger partial charge is 0.336 e. The third-order valence-corrected chi connectivity index (χ3v) is 6.05. The summed E-state index contributed by atoms with van der Waals surface area (Å²) >= 11 is 6.24. The molecule has 7 nitrogen and oxygen atoms in total. The Kier molecular flexibility index (Phi) is 7.74. The van der Waals surface area contributed by atoms with Gasteiger partial charge in [-0.1, -0.05) is 30.7 Å². The van der Waals surface area contributed by atoms with Crippen molar-refractivity contribution in [3.63, 3.8) is 0 Å². The Morgan fingerprint density at radius 1 is 1.25 bits per heavy atom. The third kappa shape index (κ3) is 4.74. The lowest BCUT2D eigenvalue weighted by Crippen LogP contribution is -2.43. The maximum atomic E-state index is 13.6. The number of esters is 2. The van der Waals surface area contributed by atoms with Crippen molar-refractivity contribution in [2.45, 2.75) is 33.1 Å². The summed E-state index contributed by atoms with van der Waals surface area (Å²) in [5.74, 6) is -3.37. The average molecular weight is 462 g/mol. The number of carbonyl (C=O) groups is 3. The van der Waals surface area contributed by atoms with E-state index in [0.29, 0.717) is 46.2 Å². The molecule has 0 fully saturated rings. The fraction of sp³-hybridized carbons (Fsp3) is 0.458. The van der Waals surface area contributed by atoms with Gasteiger partial charge in [-0.15, -0.1) is 0 Å². The van der Waals surface area contributed by atoms with Crippen LogP contribution in [0.3, 0.4) is 0 Å². The monoisotopic (exact) mass is 461 g/mol. The van der Waals surface area contributed by atoms with E-state index in [1.807, 2.05) is 19.9 Å². The van der Waals surface area contributed by atoms with Gasteiger partial charge in [-0.05, 0) is 43.9 Å². The molecule has 1 N–H and O–H groups in total. The first-order chi connectivity index (χ1) is 15.3. The molecule has 1 aliphatic carbocycles. The molecule has 1 heterocycles. The third-order valence-electron chi connectivity index (χ3n) is 5.81. The molecule has 172 valence electrons. The number of benzene rings is 1. The number of hydrogen-bond donors (Lipinski definition) is 1. The molecule has 2 aliphatic rings. The van der Waals surface area contributed by atoms with Crippen molar-refractivity contribution in [3.8, 4) is 0 Å². The summed E-state index contributed by atoms with van der Waals surface area (Å²) in [5, 5.41) is 3.70.